The molecule has 30 heavy (non-hydrogen) atoms. The van der Waals surface area contributed by atoms with Crippen LogP contribution >= 0.6 is 0 Å². The van der Waals surface area contributed by atoms with Gasteiger partial charge in [0, 0.05) is 30.3 Å². The van der Waals surface area contributed by atoms with Crippen molar-refractivity contribution in [1.29, 1.82) is 0 Å². The average molecular weight is 425 g/mol. The highest BCUT2D eigenvalue weighted by Gasteiger charge is 2.34. The molecule has 12 heteroatoms. The highest BCUT2D eigenvalue weighted by atomic mass is 19.4. The van der Waals surface area contributed by atoms with Crippen LogP contribution in [0.5, 0.6) is 0 Å². The third-order valence-electron chi connectivity index (χ3n) is 3.71. The first-order chi connectivity index (χ1) is 13.9. The summed E-state index contributed by atoms with van der Waals surface area (Å²) in [4.78, 5) is 45.4. The minimum atomic E-state index is -4.88. The predicted molar refractivity (Wildman–Crippen MR) is 98.1 cm³/mol. The van der Waals surface area contributed by atoms with E-state index in [0.717, 1.165) is 44.4 Å². The van der Waals surface area contributed by atoms with Gasteiger partial charge in [-0.05, 0) is 24.3 Å². The first-order valence-electron chi connectivity index (χ1n) is 8.10. The first-order valence-corrected chi connectivity index (χ1v) is 8.10. The second-order valence-electron chi connectivity index (χ2n) is 5.91. The lowest BCUT2D eigenvalue weighted by Crippen LogP contribution is -2.18. The maximum absolute atomic E-state index is 13.4. The highest BCUT2D eigenvalue weighted by Crippen LogP contribution is 2.37. The van der Waals surface area contributed by atoms with E-state index in [4.69, 9.17) is 0 Å². The van der Waals surface area contributed by atoms with Crippen LogP contribution in [-0.2, 0) is 15.7 Å². The molecule has 0 aliphatic heterocycles. The number of nitro benzene ring substituents is 1. The Morgan fingerprint density at radius 1 is 1.03 bits per heavy atom. The van der Waals surface area contributed by atoms with Crippen molar-refractivity contribution in [2.45, 2.75) is 13.1 Å². The fourth-order valence-electron chi connectivity index (χ4n) is 2.45. The summed E-state index contributed by atoms with van der Waals surface area (Å²) in [5.41, 5.74) is -3.41. The molecule has 0 aromatic heterocycles. The molecule has 0 spiro atoms. The molecule has 0 atom stereocenters. The number of methoxy groups -OCH3 is 1. The molecule has 2 N–H and O–H groups in total. The summed E-state index contributed by atoms with van der Waals surface area (Å²) < 4.78 is 44.6. The van der Waals surface area contributed by atoms with Crippen molar-refractivity contribution in [3.8, 4) is 0 Å². The topological polar surface area (TPSA) is 128 Å². The molecule has 158 valence electrons. The summed E-state index contributed by atoms with van der Waals surface area (Å²) in [6.45, 7) is 1.12. The van der Waals surface area contributed by atoms with Crippen LogP contribution in [-0.4, -0.2) is 29.8 Å². The van der Waals surface area contributed by atoms with Gasteiger partial charge in [-0.3, -0.25) is 19.7 Å². The lowest BCUT2D eigenvalue weighted by atomic mass is 10.1. The number of alkyl halides is 3. The number of nitro groups is 1. The number of nitrogens with one attached hydrogen (secondary N) is 2. The number of hydrogen-bond acceptors (Lipinski definition) is 6. The van der Waals surface area contributed by atoms with Gasteiger partial charge in [-0.25, -0.2) is 4.79 Å². The fraction of sp³-hybridized carbons (Fsp3) is 0.167. The number of nitrogens with zero attached hydrogens (tertiary/aromatic N) is 1. The van der Waals surface area contributed by atoms with Crippen LogP contribution in [0, 0.1) is 10.1 Å². The van der Waals surface area contributed by atoms with E-state index in [2.05, 4.69) is 10.1 Å². The molecule has 0 saturated carbocycles. The third-order valence-corrected chi connectivity index (χ3v) is 3.71. The molecule has 0 aliphatic carbocycles. The van der Waals surface area contributed by atoms with Gasteiger partial charge >= 0.3 is 12.1 Å². The Labute approximate surface area is 167 Å². The van der Waals surface area contributed by atoms with Crippen molar-refractivity contribution in [3.63, 3.8) is 0 Å². The molecule has 0 fully saturated rings. The molecule has 0 radical (unpaired) electrons. The summed E-state index contributed by atoms with van der Waals surface area (Å²) in [5, 5.41) is 15.3. The standard InChI is InChI=1S/C18H14F3N3O6/c1-9(25)22-12-3-4-15(14(8-12)18(19,20)21)23-16(26)10-5-11(17(27)30-2)7-13(6-10)24(28)29/h3-8H,1-2H3,(H,22,25)(H,23,26). The number of rotatable bonds is 5. The summed E-state index contributed by atoms with van der Waals surface area (Å²) in [6, 6.07) is 5.31. The van der Waals surface area contributed by atoms with E-state index in [9.17, 15) is 37.7 Å². The van der Waals surface area contributed by atoms with Crippen molar-refractivity contribution in [3.05, 3.63) is 63.2 Å². The quantitative estimate of drug-likeness (QED) is 0.428. The number of non-ortho nitro benzene ring substituents is 1. The van der Waals surface area contributed by atoms with E-state index >= 15 is 0 Å². The van der Waals surface area contributed by atoms with E-state index in [1.807, 2.05) is 5.32 Å². The van der Waals surface area contributed by atoms with Gasteiger partial charge in [0.2, 0.25) is 5.91 Å². The number of hydrogen-bond donors (Lipinski definition) is 2. The second-order valence-corrected chi connectivity index (χ2v) is 5.91. The molecule has 0 bridgehead atoms. The predicted octanol–water partition coefficient (Wildman–Crippen LogP) is 3.61. The largest absolute Gasteiger partial charge is 0.465 e. The Morgan fingerprint density at radius 3 is 2.20 bits per heavy atom. The molecule has 0 unspecified atom stereocenters. The Kier molecular flexibility index (Phi) is 6.40. The summed E-state index contributed by atoms with van der Waals surface area (Å²) in [7, 11) is 1.02. The van der Waals surface area contributed by atoms with Crippen molar-refractivity contribution in [1.82, 2.24) is 0 Å². The molecule has 0 aliphatic rings. The van der Waals surface area contributed by atoms with Gasteiger partial charge in [0.1, 0.15) is 0 Å². The van der Waals surface area contributed by atoms with Crippen molar-refractivity contribution >= 4 is 34.8 Å². The summed E-state index contributed by atoms with van der Waals surface area (Å²) in [6.07, 6.45) is -4.88. The van der Waals surface area contributed by atoms with E-state index in [-0.39, 0.29) is 11.3 Å². The van der Waals surface area contributed by atoms with Gasteiger partial charge in [0.25, 0.3) is 11.6 Å². The molecule has 0 saturated heterocycles. The number of carbonyl (C=O) groups excluding carboxylic acids is 3. The smallest absolute Gasteiger partial charge is 0.418 e. The number of halogens is 3. The summed E-state index contributed by atoms with van der Waals surface area (Å²) >= 11 is 0. The summed E-state index contributed by atoms with van der Waals surface area (Å²) in [5.74, 6) is -2.68. The molecular formula is C18H14F3N3O6. The van der Waals surface area contributed by atoms with Crippen LogP contribution in [0.3, 0.4) is 0 Å². The molecule has 2 aromatic carbocycles. The van der Waals surface area contributed by atoms with Crippen molar-refractivity contribution in [2.75, 3.05) is 17.7 Å². The van der Waals surface area contributed by atoms with Crippen molar-refractivity contribution in [2.24, 2.45) is 0 Å². The molecule has 9 nitrogen and oxygen atoms in total. The average Bonchev–Trinajstić information content (AvgIpc) is 2.66. The molecular weight excluding hydrogens is 411 g/mol. The van der Waals surface area contributed by atoms with Crippen LogP contribution in [0.4, 0.5) is 30.2 Å². The number of benzene rings is 2. The normalized spacial score (nSPS) is 10.8. The molecule has 2 rings (SSSR count). The number of anilines is 2. The van der Waals surface area contributed by atoms with Gasteiger partial charge in [-0.2, -0.15) is 13.2 Å². The maximum Gasteiger partial charge on any atom is 0.418 e. The zero-order valence-electron chi connectivity index (χ0n) is 15.5. The monoisotopic (exact) mass is 425 g/mol. The lowest BCUT2D eigenvalue weighted by molar-refractivity contribution is -0.384. The van der Waals surface area contributed by atoms with Crippen LogP contribution in [0.1, 0.15) is 33.2 Å². The Bertz CT molecular complexity index is 1040. The Balaban J connectivity index is 2.46. The Hall–Kier alpha value is -3.96. The van der Waals surface area contributed by atoms with Crippen LogP contribution < -0.4 is 10.6 Å². The number of ether oxygens (including phenoxy) is 1. The van der Waals surface area contributed by atoms with Crippen molar-refractivity contribution < 1.29 is 37.2 Å². The van der Waals surface area contributed by atoms with E-state index < -0.39 is 51.4 Å². The molecule has 2 amide bonds. The highest BCUT2D eigenvalue weighted by molar-refractivity contribution is 6.06. The van der Waals surface area contributed by atoms with Crippen LogP contribution in [0.2, 0.25) is 0 Å². The fourth-order valence-corrected chi connectivity index (χ4v) is 2.45. The number of amides is 2. The van der Waals surface area contributed by atoms with Gasteiger partial charge in [0.05, 0.1) is 28.8 Å². The molecule has 2 aromatic rings. The SMILES string of the molecule is COC(=O)c1cc(C(=O)Nc2ccc(NC(C)=O)cc2C(F)(F)F)cc([N+](=O)[O-])c1. The zero-order chi connectivity index (χ0) is 22.6. The maximum atomic E-state index is 13.4. The molecule has 0 heterocycles. The van der Waals surface area contributed by atoms with Gasteiger partial charge in [-0.1, -0.05) is 0 Å². The second kappa shape index (κ2) is 8.59. The van der Waals surface area contributed by atoms with E-state index in [1.54, 1.807) is 0 Å². The lowest BCUT2D eigenvalue weighted by Gasteiger charge is -2.16. The Morgan fingerprint density at radius 2 is 1.67 bits per heavy atom. The van der Waals surface area contributed by atoms with Gasteiger partial charge < -0.3 is 15.4 Å². The van der Waals surface area contributed by atoms with Gasteiger partial charge in [0.15, 0.2) is 0 Å². The van der Waals surface area contributed by atoms with Crippen LogP contribution in [0.25, 0.3) is 0 Å². The number of carbonyl (C=O) groups is 3. The van der Waals surface area contributed by atoms with Crippen LogP contribution in [0.15, 0.2) is 36.4 Å². The third kappa shape index (κ3) is 5.31. The first kappa shape index (κ1) is 22.3. The van der Waals surface area contributed by atoms with E-state index in [1.165, 1.54) is 0 Å². The van der Waals surface area contributed by atoms with E-state index in [0.29, 0.717) is 6.07 Å². The van der Waals surface area contributed by atoms with Gasteiger partial charge in [-0.15, -0.1) is 0 Å². The number of esters is 1. The zero-order valence-corrected chi connectivity index (χ0v) is 15.5. The minimum Gasteiger partial charge on any atom is -0.465 e. The minimum absolute atomic E-state index is 0.142.